The van der Waals surface area contributed by atoms with Crippen molar-refractivity contribution in [2.45, 2.75) is 51.4 Å². The molecule has 1 aliphatic rings. The first-order valence-corrected chi connectivity index (χ1v) is 6.05. The molecule has 84 valence electrons. The van der Waals surface area contributed by atoms with Gasteiger partial charge in [-0.2, -0.15) is 0 Å². The van der Waals surface area contributed by atoms with Crippen LogP contribution >= 0.6 is 0 Å². The first kappa shape index (κ1) is 10.5. The van der Waals surface area contributed by atoms with Crippen molar-refractivity contribution >= 4 is 5.82 Å². The SMILES string of the molecule is CCc1nc(C2CCCCC2)c(N)n1C. The molecule has 0 saturated heterocycles. The lowest BCUT2D eigenvalue weighted by atomic mass is 9.87. The van der Waals surface area contributed by atoms with Crippen LogP contribution in [0, 0.1) is 0 Å². The highest BCUT2D eigenvalue weighted by molar-refractivity contribution is 5.40. The predicted octanol–water partition coefficient (Wildman–Crippen LogP) is 2.61. The third-order valence-corrected chi connectivity index (χ3v) is 3.57. The van der Waals surface area contributed by atoms with Crippen LogP contribution in [-0.2, 0) is 13.5 Å². The molecule has 1 aromatic heterocycles. The summed E-state index contributed by atoms with van der Waals surface area (Å²) in [5.41, 5.74) is 7.27. The van der Waals surface area contributed by atoms with Gasteiger partial charge in [-0.15, -0.1) is 0 Å². The van der Waals surface area contributed by atoms with Crippen LogP contribution in [0.25, 0.3) is 0 Å². The first-order valence-electron chi connectivity index (χ1n) is 6.05. The van der Waals surface area contributed by atoms with E-state index in [-0.39, 0.29) is 0 Å². The van der Waals surface area contributed by atoms with Crippen LogP contribution in [0.4, 0.5) is 5.82 Å². The number of anilines is 1. The third-order valence-electron chi connectivity index (χ3n) is 3.57. The molecule has 2 N–H and O–H groups in total. The van der Waals surface area contributed by atoms with Crippen molar-refractivity contribution in [3.63, 3.8) is 0 Å². The summed E-state index contributed by atoms with van der Waals surface area (Å²) in [5, 5.41) is 0. The van der Waals surface area contributed by atoms with Crippen molar-refractivity contribution in [2.24, 2.45) is 7.05 Å². The highest BCUT2D eigenvalue weighted by atomic mass is 15.1. The summed E-state index contributed by atoms with van der Waals surface area (Å²) in [6.45, 7) is 2.13. The standard InChI is InChI=1S/C12H21N3/c1-3-10-14-11(12(13)15(10)2)9-7-5-4-6-8-9/h9H,3-8,13H2,1-2H3. The second-order valence-corrected chi connectivity index (χ2v) is 4.55. The van der Waals surface area contributed by atoms with E-state index in [9.17, 15) is 0 Å². The van der Waals surface area contributed by atoms with E-state index in [4.69, 9.17) is 5.73 Å². The highest BCUT2D eigenvalue weighted by Crippen LogP contribution is 2.34. The molecule has 1 aliphatic carbocycles. The van der Waals surface area contributed by atoms with Crippen molar-refractivity contribution in [1.29, 1.82) is 0 Å². The number of nitrogen functional groups attached to an aromatic ring is 1. The van der Waals surface area contributed by atoms with Gasteiger partial charge in [-0.3, -0.25) is 0 Å². The van der Waals surface area contributed by atoms with E-state index in [0.717, 1.165) is 23.8 Å². The van der Waals surface area contributed by atoms with Gasteiger partial charge in [0.05, 0.1) is 5.69 Å². The predicted molar refractivity (Wildman–Crippen MR) is 62.8 cm³/mol. The largest absolute Gasteiger partial charge is 0.384 e. The van der Waals surface area contributed by atoms with Gasteiger partial charge < -0.3 is 10.3 Å². The summed E-state index contributed by atoms with van der Waals surface area (Å²) in [6.07, 6.45) is 7.55. The quantitative estimate of drug-likeness (QED) is 0.810. The Morgan fingerprint density at radius 1 is 1.33 bits per heavy atom. The molecule has 3 nitrogen and oxygen atoms in total. The van der Waals surface area contributed by atoms with Gasteiger partial charge in [-0.05, 0) is 12.8 Å². The van der Waals surface area contributed by atoms with Gasteiger partial charge in [0.25, 0.3) is 0 Å². The zero-order valence-corrected chi connectivity index (χ0v) is 9.79. The molecule has 0 atom stereocenters. The van der Waals surface area contributed by atoms with Gasteiger partial charge in [-0.25, -0.2) is 4.98 Å². The lowest BCUT2D eigenvalue weighted by molar-refractivity contribution is 0.438. The number of rotatable bonds is 2. The van der Waals surface area contributed by atoms with Crippen LogP contribution in [-0.4, -0.2) is 9.55 Å². The number of nitrogens with zero attached hydrogens (tertiary/aromatic N) is 2. The zero-order valence-electron chi connectivity index (χ0n) is 9.79. The molecule has 1 aromatic rings. The minimum Gasteiger partial charge on any atom is -0.384 e. The Morgan fingerprint density at radius 3 is 2.53 bits per heavy atom. The van der Waals surface area contributed by atoms with Gasteiger partial charge in [-0.1, -0.05) is 26.2 Å². The lowest BCUT2D eigenvalue weighted by Gasteiger charge is -2.20. The van der Waals surface area contributed by atoms with E-state index in [1.807, 2.05) is 11.6 Å². The molecule has 1 heterocycles. The molecule has 0 unspecified atom stereocenters. The van der Waals surface area contributed by atoms with Crippen molar-refractivity contribution in [1.82, 2.24) is 9.55 Å². The fourth-order valence-electron chi connectivity index (χ4n) is 2.57. The minimum absolute atomic E-state index is 0.616. The molecule has 3 heteroatoms. The molecule has 1 fully saturated rings. The van der Waals surface area contributed by atoms with Crippen LogP contribution in [0.3, 0.4) is 0 Å². The number of aryl methyl sites for hydroxylation is 1. The molecule has 0 amide bonds. The molecule has 15 heavy (non-hydrogen) atoms. The van der Waals surface area contributed by atoms with Gasteiger partial charge >= 0.3 is 0 Å². The maximum atomic E-state index is 6.11. The fourth-order valence-corrected chi connectivity index (χ4v) is 2.57. The van der Waals surface area contributed by atoms with Crippen LogP contribution < -0.4 is 5.73 Å². The Balaban J connectivity index is 2.26. The van der Waals surface area contributed by atoms with E-state index in [2.05, 4.69) is 11.9 Å². The molecule has 2 rings (SSSR count). The number of imidazole rings is 1. The second kappa shape index (κ2) is 4.25. The average molecular weight is 207 g/mol. The Bertz CT molecular complexity index is 335. The second-order valence-electron chi connectivity index (χ2n) is 4.55. The molecule has 0 aromatic carbocycles. The van der Waals surface area contributed by atoms with E-state index in [0.29, 0.717) is 5.92 Å². The van der Waals surface area contributed by atoms with Crippen LogP contribution in [0.15, 0.2) is 0 Å². The minimum atomic E-state index is 0.616. The molecule has 0 aliphatic heterocycles. The molecule has 0 spiro atoms. The van der Waals surface area contributed by atoms with E-state index in [1.54, 1.807) is 0 Å². The van der Waals surface area contributed by atoms with Gasteiger partial charge in [0.15, 0.2) is 0 Å². The number of aromatic nitrogens is 2. The summed E-state index contributed by atoms with van der Waals surface area (Å²) >= 11 is 0. The zero-order chi connectivity index (χ0) is 10.8. The molecular weight excluding hydrogens is 186 g/mol. The Kier molecular flexibility index (Phi) is 2.98. The van der Waals surface area contributed by atoms with Crippen LogP contribution in [0.1, 0.15) is 56.5 Å². The van der Waals surface area contributed by atoms with Crippen LogP contribution in [0.5, 0.6) is 0 Å². The average Bonchev–Trinajstić information content (AvgIpc) is 2.57. The maximum Gasteiger partial charge on any atom is 0.126 e. The summed E-state index contributed by atoms with van der Waals surface area (Å²) in [4.78, 5) is 4.69. The van der Waals surface area contributed by atoms with E-state index < -0.39 is 0 Å². The summed E-state index contributed by atoms with van der Waals surface area (Å²) in [7, 11) is 2.02. The molecule has 0 bridgehead atoms. The first-order chi connectivity index (χ1) is 7.24. The number of hydrogen-bond acceptors (Lipinski definition) is 2. The molecule has 1 saturated carbocycles. The number of hydrogen-bond donors (Lipinski definition) is 1. The number of nitrogens with two attached hydrogens (primary N) is 1. The lowest BCUT2D eigenvalue weighted by Crippen LogP contribution is -2.08. The third kappa shape index (κ3) is 1.87. The normalized spacial score (nSPS) is 18.3. The van der Waals surface area contributed by atoms with Gasteiger partial charge in [0.2, 0.25) is 0 Å². The van der Waals surface area contributed by atoms with Crippen molar-refractivity contribution in [3.8, 4) is 0 Å². The van der Waals surface area contributed by atoms with Crippen molar-refractivity contribution < 1.29 is 0 Å². The Hall–Kier alpha value is -0.990. The van der Waals surface area contributed by atoms with Crippen molar-refractivity contribution in [3.05, 3.63) is 11.5 Å². The monoisotopic (exact) mass is 207 g/mol. The molecule has 0 radical (unpaired) electrons. The van der Waals surface area contributed by atoms with E-state index in [1.165, 1.54) is 32.1 Å². The topological polar surface area (TPSA) is 43.8 Å². The highest BCUT2D eigenvalue weighted by Gasteiger charge is 2.22. The van der Waals surface area contributed by atoms with Gasteiger partial charge in [0.1, 0.15) is 11.6 Å². The van der Waals surface area contributed by atoms with E-state index >= 15 is 0 Å². The molecular formula is C12H21N3. The maximum absolute atomic E-state index is 6.11. The van der Waals surface area contributed by atoms with Gasteiger partial charge in [0, 0.05) is 19.4 Å². The van der Waals surface area contributed by atoms with Crippen LogP contribution in [0.2, 0.25) is 0 Å². The summed E-state index contributed by atoms with van der Waals surface area (Å²) in [6, 6.07) is 0. The Labute approximate surface area is 91.7 Å². The fraction of sp³-hybridized carbons (Fsp3) is 0.750. The summed E-state index contributed by atoms with van der Waals surface area (Å²) < 4.78 is 2.05. The van der Waals surface area contributed by atoms with Crippen molar-refractivity contribution in [2.75, 3.05) is 5.73 Å². The Morgan fingerprint density at radius 2 is 2.00 bits per heavy atom. The smallest absolute Gasteiger partial charge is 0.126 e. The summed E-state index contributed by atoms with van der Waals surface area (Å²) in [5.74, 6) is 2.62.